The topological polar surface area (TPSA) is 94.2 Å². The second kappa shape index (κ2) is 9.65. The Morgan fingerprint density at radius 1 is 1.19 bits per heavy atom. The molecule has 8 nitrogen and oxygen atoms in total. The summed E-state index contributed by atoms with van der Waals surface area (Å²) in [5.74, 6) is -0.220. The van der Waals surface area contributed by atoms with Crippen LogP contribution < -0.4 is 14.8 Å². The van der Waals surface area contributed by atoms with E-state index in [9.17, 15) is 14.4 Å². The van der Waals surface area contributed by atoms with Crippen molar-refractivity contribution in [1.82, 2.24) is 10.2 Å². The van der Waals surface area contributed by atoms with Gasteiger partial charge >= 0.3 is 12.0 Å². The van der Waals surface area contributed by atoms with Crippen LogP contribution in [0.2, 0.25) is 0 Å². The highest BCUT2D eigenvalue weighted by atomic mass is 16.5. The number of ether oxygens (including phenoxy) is 3. The van der Waals surface area contributed by atoms with Gasteiger partial charge in [-0.1, -0.05) is 13.3 Å². The highest BCUT2D eigenvalue weighted by Crippen LogP contribution is 2.29. The van der Waals surface area contributed by atoms with Crippen molar-refractivity contribution in [3.05, 3.63) is 23.8 Å². The fourth-order valence-corrected chi connectivity index (χ4v) is 2.35. The van der Waals surface area contributed by atoms with Gasteiger partial charge in [0.2, 0.25) is 0 Å². The first-order valence-corrected chi connectivity index (χ1v) is 8.71. The lowest BCUT2D eigenvalue weighted by Crippen LogP contribution is -2.37. The third-order valence-corrected chi connectivity index (χ3v) is 3.72. The minimum atomic E-state index is -0.668. The molecule has 0 aliphatic carbocycles. The average Bonchev–Trinajstić information content (AvgIpc) is 3.07. The van der Waals surface area contributed by atoms with Crippen LogP contribution in [0.25, 0.3) is 0 Å². The van der Waals surface area contributed by atoms with Gasteiger partial charge in [-0.2, -0.15) is 0 Å². The van der Waals surface area contributed by atoms with Crippen molar-refractivity contribution < 1.29 is 28.6 Å². The minimum Gasteiger partial charge on any atom is -0.490 e. The van der Waals surface area contributed by atoms with E-state index in [1.165, 1.54) is 6.07 Å². The van der Waals surface area contributed by atoms with Gasteiger partial charge in [0, 0.05) is 13.1 Å². The first-order valence-electron chi connectivity index (χ1n) is 8.71. The fraction of sp³-hybridized carbons (Fsp3) is 0.500. The lowest BCUT2D eigenvalue weighted by Gasteiger charge is -2.14. The molecule has 1 aliphatic rings. The molecule has 2 rings (SSSR count). The molecule has 1 fully saturated rings. The number of urea groups is 1. The Morgan fingerprint density at radius 2 is 2.00 bits per heavy atom. The van der Waals surface area contributed by atoms with Gasteiger partial charge in [-0.05, 0) is 31.5 Å². The Balaban J connectivity index is 1.97. The molecule has 1 N–H and O–H groups in total. The molecule has 8 heteroatoms. The number of amides is 3. The first kappa shape index (κ1) is 19.6. The molecule has 0 aromatic heterocycles. The van der Waals surface area contributed by atoms with Crippen LogP contribution in [0.3, 0.4) is 0 Å². The third kappa shape index (κ3) is 5.11. The average molecular weight is 364 g/mol. The van der Waals surface area contributed by atoms with Gasteiger partial charge in [0.05, 0.1) is 18.8 Å². The number of carbonyl (C=O) groups is 3. The molecule has 0 saturated carbocycles. The van der Waals surface area contributed by atoms with Gasteiger partial charge < -0.3 is 19.5 Å². The van der Waals surface area contributed by atoms with Crippen LogP contribution in [0.1, 0.15) is 37.0 Å². The quantitative estimate of drug-likeness (QED) is 0.532. The number of benzene rings is 1. The zero-order valence-electron chi connectivity index (χ0n) is 15.1. The molecule has 3 amide bonds. The number of rotatable bonds is 9. The summed E-state index contributed by atoms with van der Waals surface area (Å²) in [7, 11) is 0. The van der Waals surface area contributed by atoms with Crippen molar-refractivity contribution in [3.8, 4) is 11.5 Å². The van der Waals surface area contributed by atoms with Crippen molar-refractivity contribution >= 4 is 17.9 Å². The molecule has 0 radical (unpaired) electrons. The molecule has 142 valence electrons. The number of imide groups is 1. The molecular weight excluding hydrogens is 340 g/mol. The normalized spacial score (nSPS) is 13.3. The highest BCUT2D eigenvalue weighted by Gasteiger charge is 2.27. The summed E-state index contributed by atoms with van der Waals surface area (Å²) in [6, 6.07) is 4.25. The van der Waals surface area contributed by atoms with Crippen molar-refractivity contribution in [3.63, 3.8) is 0 Å². The molecule has 1 heterocycles. The van der Waals surface area contributed by atoms with Crippen molar-refractivity contribution in [2.75, 3.05) is 32.9 Å². The van der Waals surface area contributed by atoms with Crippen molar-refractivity contribution in [1.29, 1.82) is 0 Å². The molecule has 0 atom stereocenters. The smallest absolute Gasteiger partial charge is 0.338 e. The van der Waals surface area contributed by atoms with E-state index in [1.807, 2.05) is 6.92 Å². The Hall–Kier alpha value is -2.77. The van der Waals surface area contributed by atoms with E-state index in [0.717, 1.165) is 17.7 Å². The molecule has 1 saturated heterocycles. The second-order valence-corrected chi connectivity index (χ2v) is 5.65. The number of esters is 1. The molecule has 1 aromatic rings. The SMILES string of the molecule is CCCCOc1ccc(C(=O)OCC(=O)N2CCNC2=O)cc1OCC. The number of hydrogen-bond donors (Lipinski definition) is 1. The summed E-state index contributed by atoms with van der Waals surface area (Å²) in [5.41, 5.74) is 0.245. The maximum atomic E-state index is 12.2. The van der Waals surface area contributed by atoms with E-state index >= 15 is 0 Å². The molecule has 26 heavy (non-hydrogen) atoms. The zero-order chi connectivity index (χ0) is 18.9. The summed E-state index contributed by atoms with van der Waals surface area (Å²) < 4.78 is 16.2. The third-order valence-electron chi connectivity index (χ3n) is 3.72. The van der Waals surface area contributed by atoms with Crippen LogP contribution in [-0.4, -0.2) is 55.7 Å². The van der Waals surface area contributed by atoms with Crippen LogP contribution >= 0.6 is 0 Å². The van der Waals surface area contributed by atoms with Gasteiger partial charge in [-0.15, -0.1) is 0 Å². The summed E-state index contributed by atoms with van der Waals surface area (Å²) in [5, 5.41) is 2.51. The Morgan fingerprint density at radius 3 is 2.65 bits per heavy atom. The second-order valence-electron chi connectivity index (χ2n) is 5.65. The summed E-state index contributed by atoms with van der Waals surface area (Å²) >= 11 is 0. The predicted molar refractivity (Wildman–Crippen MR) is 93.4 cm³/mol. The number of hydrogen-bond acceptors (Lipinski definition) is 6. The fourth-order valence-electron chi connectivity index (χ4n) is 2.35. The van der Waals surface area contributed by atoms with Gasteiger partial charge in [0.25, 0.3) is 5.91 Å². The van der Waals surface area contributed by atoms with E-state index in [1.54, 1.807) is 12.1 Å². The summed E-state index contributed by atoms with van der Waals surface area (Å²) in [4.78, 5) is 36.5. The standard InChI is InChI=1S/C18H24N2O6/c1-3-5-10-25-14-7-6-13(11-15(14)24-4-2)17(22)26-12-16(21)20-9-8-19-18(20)23/h6-7,11H,3-5,8-10,12H2,1-2H3,(H,19,23). The van der Waals surface area contributed by atoms with E-state index in [-0.39, 0.29) is 12.1 Å². The molecule has 0 spiro atoms. The van der Waals surface area contributed by atoms with Crippen LogP contribution in [0, 0.1) is 0 Å². The van der Waals surface area contributed by atoms with E-state index in [0.29, 0.717) is 31.3 Å². The first-order chi connectivity index (χ1) is 12.6. The van der Waals surface area contributed by atoms with E-state index < -0.39 is 24.5 Å². The summed E-state index contributed by atoms with van der Waals surface area (Å²) in [6.45, 7) is 5.06. The van der Waals surface area contributed by atoms with Gasteiger partial charge in [-0.25, -0.2) is 9.59 Å². The molecule has 1 aliphatic heterocycles. The number of carbonyl (C=O) groups excluding carboxylic acids is 3. The van der Waals surface area contributed by atoms with Crippen LogP contribution in [0.15, 0.2) is 18.2 Å². The molecular formula is C18H24N2O6. The van der Waals surface area contributed by atoms with Crippen molar-refractivity contribution in [2.24, 2.45) is 0 Å². The van der Waals surface area contributed by atoms with Gasteiger partial charge in [0.15, 0.2) is 18.1 Å². The maximum Gasteiger partial charge on any atom is 0.338 e. The van der Waals surface area contributed by atoms with E-state index in [2.05, 4.69) is 12.2 Å². The monoisotopic (exact) mass is 364 g/mol. The molecule has 0 unspecified atom stereocenters. The predicted octanol–water partition coefficient (Wildman–Crippen LogP) is 1.97. The van der Waals surface area contributed by atoms with Gasteiger partial charge in [0.1, 0.15) is 0 Å². The van der Waals surface area contributed by atoms with Gasteiger partial charge in [-0.3, -0.25) is 9.69 Å². The lowest BCUT2D eigenvalue weighted by atomic mass is 10.2. The number of nitrogens with zero attached hydrogens (tertiary/aromatic N) is 1. The minimum absolute atomic E-state index is 0.245. The van der Waals surface area contributed by atoms with Crippen molar-refractivity contribution in [2.45, 2.75) is 26.7 Å². The van der Waals surface area contributed by atoms with Crippen LogP contribution in [0.4, 0.5) is 4.79 Å². The Bertz CT molecular complexity index is 661. The molecule has 1 aromatic carbocycles. The van der Waals surface area contributed by atoms with Crippen LogP contribution in [-0.2, 0) is 9.53 Å². The van der Waals surface area contributed by atoms with Crippen LogP contribution in [0.5, 0.6) is 11.5 Å². The zero-order valence-corrected chi connectivity index (χ0v) is 15.1. The largest absolute Gasteiger partial charge is 0.490 e. The summed E-state index contributed by atoms with van der Waals surface area (Å²) in [6.07, 6.45) is 1.93. The number of unbranched alkanes of at least 4 members (excludes halogenated alkanes) is 1. The highest BCUT2D eigenvalue weighted by molar-refractivity contribution is 5.98. The maximum absolute atomic E-state index is 12.2. The lowest BCUT2D eigenvalue weighted by molar-refractivity contribution is -0.130. The van der Waals surface area contributed by atoms with E-state index in [4.69, 9.17) is 14.2 Å². The molecule has 0 bridgehead atoms. The number of nitrogens with one attached hydrogen (secondary N) is 1. The Labute approximate surface area is 152 Å². The Kier molecular flexibility index (Phi) is 7.25.